The zero-order valence-corrected chi connectivity index (χ0v) is 13.3. The summed E-state index contributed by atoms with van der Waals surface area (Å²) in [5.41, 5.74) is 5.17. The largest absolute Gasteiger partial charge is 0.368 e. The Hall–Kier alpha value is -0.610. The molecule has 1 saturated heterocycles. The maximum Gasteiger partial charge on any atom is 0.237 e. The molecule has 0 aromatic carbocycles. The summed E-state index contributed by atoms with van der Waals surface area (Å²) in [6, 6.07) is 0.525. The smallest absolute Gasteiger partial charge is 0.237 e. The highest BCUT2D eigenvalue weighted by molar-refractivity contribution is 5.84. The quantitative estimate of drug-likeness (QED) is 0.825. The summed E-state index contributed by atoms with van der Waals surface area (Å²) < 4.78 is 0. The molecule has 4 heteroatoms. The van der Waals surface area contributed by atoms with Crippen molar-refractivity contribution in [2.24, 2.45) is 17.6 Å². The van der Waals surface area contributed by atoms with Gasteiger partial charge in [-0.3, -0.25) is 4.79 Å². The van der Waals surface area contributed by atoms with E-state index in [2.05, 4.69) is 24.1 Å². The van der Waals surface area contributed by atoms with Crippen LogP contribution in [0.2, 0.25) is 0 Å². The Morgan fingerprint density at radius 2 is 1.95 bits per heavy atom. The van der Waals surface area contributed by atoms with Crippen molar-refractivity contribution in [1.82, 2.24) is 10.2 Å². The van der Waals surface area contributed by atoms with Crippen LogP contribution in [-0.4, -0.2) is 42.5 Å². The molecule has 0 radical (unpaired) electrons. The van der Waals surface area contributed by atoms with Crippen LogP contribution in [0.3, 0.4) is 0 Å². The number of piperidine rings is 1. The molecule has 20 heavy (non-hydrogen) atoms. The van der Waals surface area contributed by atoms with E-state index in [-0.39, 0.29) is 5.91 Å². The van der Waals surface area contributed by atoms with Gasteiger partial charge in [0.05, 0.1) is 5.54 Å². The van der Waals surface area contributed by atoms with E-state index in [0.29, 0.717) is 6.04 Å². The molecule has 1 saturated carbocycles. The molecule has 1 aliphatic heterocycles. The molecule has 2 atom stereocenters. The van der Waals surface area contributed by atoms with Crippen molar-refractivity contribution in [3.8, 4) is 0 Å². The van der Waals surface area contributed by atoms with Crippen LogP contribution in [0, 0.1) is 11.8 Å². The monoisotopic (exact) mass is 281 g/mol. The number of rotatable bonds is 4. The van der Waals surface area contributed by atoms with Crippen LogP contribution in [0.15, 0.2) is 0 Å². The van der Waals surface area contributed by atoms with Crippen molar-refractivity contribution in [1.29, 1.82) is 0 Å². The second-order valence-electron chi connectivity index (χ2n) is 7.06. The molecule has 0 spiro atoms. The van der Waals surface area contributed by atoms with Gasteiger partial charge < -0.3 is 16.0 Å². The zero-order chi connectivity index (χ0) is 14.8. The van der Waals surface area contributed by atoms with Crippen LogP contribution in [0.5, 0.6) is 0 Å². The number of carbonyl (C=O) groups excluding carboxylic acids is 1. The third-order valence-corrected chi connectivity index (χ3v) is 5.71. The van der Waals surface area contributed by atoms with Gasteiger partial charge in [0.2, 0.25) is 5.91 Å². The zero-order valence-electron chi connectivity index (χ0n) is 13.3. The van der Waals surface area contributed by atoms with E-state index in [9.17, 15) is 4.79 Å². The number of nitrogens with zero attached hydrogens (tertiary/aromatic N) is 1. The number of primary amides is 1. The predicted octanol–water partition coefficient (Wildman–Crippen LogP) is 1.74. The highest BCUT2D eigenvalue weighted by Crippen LogP contribution is 2.34. The minimum absolute atomic E-state index is 0.179. The van der Waals surface area contributed by atoms with Gasteiger partial charge in [-0.05, 0) is 70.5 Å². The lowest BCUT2D eigenvalue weighted by Crippen LogP contribution is -2.60. The lowest BCUT2D eigenvalue weighted by Gasteiger charge is -2.45. The van der Waals surface area contributed by atoms with E-state index in [1.165, 1.54) is 32.4 Å². The second kappa shape index (κ2) is 6.44. The number of hydrogen-bond acceptors (Lipinski definition) is 3. The van der Waals surface area contributed by atoms with Crippen LogP contribution < -0.4 is 11.1 Å². The number of nitrogens with one attached hydrogen (secondary N) is 1. The van der Waals surface area contributed by atoms with Gasteiger partial charge in [0.25, 0.3) is 0 Å². The fourth-order valence-corrected chi connectivity index (χ4v) is 4.08. The van der Waals surface area contributed by atoms with Gasteiger partial charge in [-0.1, -0.05) is 13.8 Å². The summed E-state index contributed by atoms with van der Waals surface area (Å²) in [7, 11) is 1.87. The number of likely N-dealkylation sites (N-methyl/N-ethyl adjacent to an activating group) is 1. The Kier molecular flexibility index (Phi) is 5.08. The molecule has 4 nitrogen and oxygen atoms in total. The van der Waals surface area contributed by atoms with E-state index in [4.69, 9.17) is 5.73 Å². The summed E-state index contributed by atoms with van der Waals surface area (Å²) in [4.78, 5) is 14.4. The van der Waals surface area contributed by atoms with E-state index >= 15 is 0 Å². The molecule has 0 aromatic heterocycles. The number of likely N-dealkylation sites (tertiary alicyclic amines) is 1. The summed E-state index contributed by atoms with van der Waals surface area (Å²) in [6.07, 6.45) is 6.68. The molecular weight excluding hydrogens is 250 g/mol. The molecule has 3 N–H and O–H groups in total. The summed E-state index contributed by atoms with van der Waals surface area (Å²) in [5.74, 6) is 1.49. The average Bonchev–Trinajstić information content (AvgIpc) is 2.47. The Morgan fingerprint density at radius 3 is 2.45 bits per heavy atom. The van der Waals surface area contributed by atoms with Gasteiger partial charge in [-0.15, -0.1) is 0 Å². The molecule has 1 amide bonds. The van der Waals surface area contributed by atoms with Crippen molar-refractivity contribution in [3.05, 3.63) is 0 Å². The van der Waals surface area contributed by atoms with Gasteiger partial charge >= 0.3 is 0 Å². The van der Waals surface area contributed by atoms with Gasteiger partial charge in [-0.2, -0.15) is 0 Å². The first kappa shape index (κ1) is 15.8. The van der Waals surface area contributed by atoms with E-state index in [1.54, 1.807) is 0 Å². The van der Waals surface area contributed by atoms with Crippen LogP contribution in [0.1, 0.15) is 52.4 Å². The first-order chi connectivity index (χ1) is 9.48. The van der Waals surface area contributed by atoms with Gasteiger partial charge in [-0.25, -0.2) is 0 Å². The van der Waals surface area contributed by atoms with Crippen molar-refractivity contribution in [3.63, 3.8) is 0 Å². The van der Waals surface area contributed by atoms with Crippen molar-refractivity contribution in [2.75, 3.05) is 20.1 Å². The van der Waals surface area contributed by atoms with Crippen LogP contribution >= 0.6 is 0 Å². The minimum atomic E-state index is -0.474. The van der Waals surface area contributed by atoms with Gasteiger partial charge in [0.15, 0.2) is 0 Å². The molecule has 0 aromatic rings. The van der Waals surface area contributed by atoms with E-state index in [0.717, 1.165) is 31.1 Å². The number of hydrogen-bond donors (Lipinski definition) is 2. The Morgan fingerprint density at radius 1 is 1.30 bits per heavy atom. The van der Waals surface area contributed by atoms with Gasteiger partial charge in [0.1, 0.15) is 0 Å². The van der Waals surface area contributed by atoms with E-state index < -0.39 is 5.54 Å². The highest BCUT2D eigenvalue weighted by atomic mass is 16.1. The lowest BCUT2D eigenvalue weighted by molar-refractivity contribution is -0.126. The fraction of sp³-hybridized carbons (Fsp3) is 0.938. The van der Waals surface area contributed by atoms with Crippen LogP contribution in [0.4, 0.5) is 0 Å². The SMILES string of the molecule is CNC1(C(N)=O)CCCC(N2CCC(C(C)C)CC2)C1. The fourth-order valence-electron chi connectivity index (χ4n) is 4.08. The third kappa shape index (κ3) is 3.17. The number of nitrogens with two attached hydrogens (primary N) is 1. The lowest BCUT2D eigenvalue weighted by atomic mass is 9.77. The molecule has 2 aliphatic rings. The molecule has 1 heterocycles. The first-order valence-corrected chi connectivity index (χ1v) is 8.21. The standard InChI is InChI=1S/C16H31N3O/c1-12(2)13-6-9-19(10-7-13)14-5-4-8-16(11-14,18-3)15(17)20/h12-14,18H,4-11H2,1-3H3,(H2,17,20). The topological polar surface area (TPSA) is 58.4 Å². The molecular formula is C16H31N3O. The molecule has 0 bridgehead atoms. The maximum atomic E-state index is 11.8. The molecule has 1 aliphatic carbocycles. The van der Waals surface area contributed by atoms with Crippen LogP contribution in [-0.2, 0) is 4.79 Å². The Balaban J connectivity index is 1.95. The summed E-state index contributed by atoms with van der Waals surface area (Å²) >= 11 is 0. The first-order valence-electron chi connectivity index (χ1n) is 8.21. The highest BCUT2D eigenvalue weighted by Gasteiger charge is 2.42. The normalized spacial score (nSPS) is 33.5. The maximum absolute atomic E-state index is 11.8. The van der Waals surface area contributed by atoms with Crippen molar-refractivity contribution >= 4 is 5.91 Å². The number of amides is 1. The average molecular weight is 281 g/mol. The summed E-state index contributed by atoms with van der Waals surface area (Å²) in [6.45, 7) is 7.04. The Labute approximate surface area is 123 Å². The summed E-state index contributed by atoms with van der Waals surface area (Å²) in [5, 5.41) is 3.21. The predicted molar refractivity (Wildman–Crippen MR) is 82.4 cm³/mol. The van der Waals surface area contributed by atoms with Crippen molar-refractivity contribution in [2.45, 2.75) is 64.0 Å². The van der Waals surface area contributed by atoms with Gasteiger partial charge in [0, 0.05) is 6.04 Å². The molecule has 2 unspecified atom stereocenters. The Bertz CT molecular complexity index is 337. The van der Waals surface area contributed by atoms with Crippen LogP contribution in [0.25, 0.3) is 0 Å². The molecule has 2 rings (SSSR count). The molecule has 116 valence electrons. The number of carbonyl (C=O) groups is 1. The third-order valence-electron chi connectivity index (χ3n) is 5.71. The minimum Gasteiger partial charge on any atom is -0.368 e. The van der Waals surface area contributed by atoms with Crippen molar-refractivity contribution < 1.29 is 4.79 Å². The molecule has 2 fully saturated rings. The second-order valence-corrected chi connectivity index (χ2v) is 7.06. The van der Waals surface area contributed by atoms with E-state index in [1.807, 2.05) is 7.05 Å².